The monoisotopic (exact) mass is 208 g/mol. The summed E-state index contributed by atoms with van der Waals surface area (Å²) in [7, 11) is 0. The van der Waals surface area contributed by atoms with Crippen molar-refractivity contribution >= 4 is 0 Å². The Morgan fingerprint density at radius 2 is 2.27 bits per heavy atom. The number of allylic oxidation sites excluding steroid dienone is 3. The largest absolute Gasteiger partial charge is 0.374 e. The normalized spacial score (nSPS) is 22.4. The summed E-state index contributed by atoms with van der Waals surface area (Å²) in [6.45, 7) is 9.57. The van der Waals surface area contributed by atoms with Crippen molar-refractivity contribution in [2.75, 3.05) is 6.61 Å². The summed E-state index contributed by atoms with van der Waals surface area (Å²) in [4.78, 5) is 0. The van der Waals surface area contributed by atoms with Crippen molar-refractivity contribution in [2.45, 2.75) is 53.1 Å². The lowest BCUT2D eigenvalue weighted by Gasteiger charge is -2.20. The van der Waals surface area contributed by atoms with Gasteiger partial charge in [-0.2, -0.15) is 0 Å². The summed E-state index contributed by atoms with van der Waals surface area (Å²) < 4.78 is 5.61. The van der Waals surface area contributed by atoms with Gasteiger partial charge in [-0.1, -0.05) is 37.6 Å². The average molecular weight is 208 g/mol. The minimum atomic E-state index is 0.293. The first-order chi connectivity index (χ1) is 7.07. The highest BCUT2D eigenvalue weighted by Crippen LogP contribution is 2.33. The fraction of sp³-hybridized carbons (Fsp3) is 0.714. The van der Waals surface area contributed by atoms with Crippen LogP contribution >= 0.6 is 0 Å². The molecule has 1 unspecified atom stereocenters. The van der Waals surface area contributed by atoms with Gasteiger partial charge < -0.3 is 4.74 Å². The summed E-state index contributed by atoms with van der Waals surface area (Å²) in [5.41, 5.74) is 1.86. The van der Waals surface area contributed by atoms with Gasteiger partial charge in [-0.3, -0.25) is 0 Å². The Kier molecular flexibility index (Phi) is 4.59. The molecule has 1 atom stereocenters. The molecule has 0 bridgehead atoms. The molecule has 0 aromatic heterocycles. The van der Waals surface area contributed by atoms with Crippen molar-refractivity contribution in [3.8, 4) is 0 Å². The topological polar surface area (TPSA) is 9.23 Å². The van der Waals surface area contributed by atoms with E-state index in [-0.39, 0.29) is 0 Å². The minimum Gasteiger partial charge on any atom is -0.374 e. The molecule has 0 amide bonds. The van der Waals surface area contributed by atoms with Crippen molar-refractivity contribution < 1.29 is 4.74 Å². The van der Waals surface area contributed by atoms with Crippen LogP contribution in [0.4, 0.5) is 0 Å². The van der Waals surface area contributed by atoms with Gasteiger partial charge in [0.15, 0.2) is 0 Å². The third kappa shape index (κ3) is 4.21. The Bertz CT molecular complexity index is 248. The molecule has 0 spiro atoms. The quantitative estimate of drug-likeness (QED) is 0.618. The van der Waals surface area contributed by atoms with Gasteiger partial charge in [0.2, 0.25) is 0 Å². The second kappa shape index (κ2) is 5.50. The summed E-state index contributed by atoms with van der Waals surface area (Å²) in [5.74, 6) is 0. The molecule has 0 radical (unpaired) electrons. The third-order valence-electron chi connectivity index (χ3n) is 2.85. The molecular formula is C14H24O. The van der Waals surface area contributed by atoms with E-state index in [1.54, 1.807) is 5.57 Å². The summed E-state index contributed by atoms with van der Waals surface area (Å²) in [6, 6.07) is 0. The van der Waals surface area contributed by atoms with Gasteiger partial charge in [-0.05, 0) is 38.5 Å². The van der Waals surface area contributed by atoms with E-state index in [1.807, 2.05) is 0 Å². The van der Waals surface area contributed by atoms with Crippen LogP contribution in [0.25, 0.3) is 0 Å². The molecule has 0 heterocycles. The fourth-order valence-corrected chi connectivity index (χ4v) is 2.35. The molecule has 15 heavy (non-hydrogen) atoms. The molecule has 0 aromatic rings. The van der Waals surface area contributed by atoms with Gasteiger partial charge in [0.25, 0.3) is 0 Å². The molecule has 1 rings (SSSR count). The van der Waals surface area contributed by atoms with E-state index in [0.29, 0.717) is 11.5 Å². The maximum atomic E-state index is 5.61. The Morgan fingerprint density at radius 3 is 2.87 bits per heavy atom. The molecule has 1 nitrogen and oxygen atoms in total. The molecular weight excluding hydrogens is 184 g/mol. The van der Waals surface area contributed by atoms with Crippen molar-refractivity contribution in [1.29, 1.82) is 0 Å². The van der Waals surface area contributed by atoms with Crippen molar-refractivity contribution in [2.24, 2.45) is 5.41 Å². The number of rotatable bonds is 5. The zero-order valence-corrected chi connectivity index (χ0v) is 10.5. The molecule has 0 aromatic carbocycles. The smallest absolute Gasteiger partial charge is 0.0761 e. The fourth-order valence-electron chi connectivity index (χ4n) is 2.35. The lowest BCUT2D eigenvalue weighted by atomic mass is 9.85. The van der Waals surface area contributed by atoms with Crippen LogP contribution in [0.1, 0.15) is 47.0 Å². The molecule has 1 aliphatic carbocycles. The van der Waals surface area contributed by atoms with Crippen LogP contribution in [0.15, 0.2) is 23.8 Å². The lowest BCUT2D eigenvalue weighted by Crippen LogP contribution is -2.08. The first kappa shape index (κ1) is 12.5. The Labute approximate surface area is 94.2 Å². The summed E-state index contributed by atoms with van der Waals surface area (Å²) >= 11 is 0. The molecule has 0 aliphatic heterocycles. The molecule has 0 N–H and O–H groups in total. The van der Waals surface area contributed by atoms with Gasteiger partial charge in [-0.15, -0.1) is 0 Å². The van der Waals surface area contributed by atoms with E-state index < -0.39 is 0 Å². The first-order valence-corrected chi connectivity index (χ1v) is 6.02. The van der Waals surface area contributed by atoms with Crippen LogP contribution in [0.3, 0.4) is 0 Å². The van der Waals surface area contributed by atoms with Crippen molar-refractivity contribution in [3.63, 3.8) is 0 Å². The highest BCUT2D eigenvalue weighted by Gasteiger charge is 2.21. The predicted molar refractivity (Wildman–Crippen MR) is 65.9 cm³/mol. The van der Waals surface area contributed by atoms with E-state index >= 15 is 0 Å². The van der Waals surface area contributed by atoms with Crippen LogP contribution in [-0.4, -0.2) is 12.7 Å². The maximum Gasteiger partial charge on any atom is 0.0761 e. The maximum absolute atomic E-state index is 5.61. The van der Waals surface area contributed by atoms with Crippen LogP contribution in [-0.2, 0) is 4.74 Å². The predicted octanol–water partition coefficient (Wildman–Crippen LogP) is 4.10. The van der Waals surface area contributed by atoms with Gasteiger partial charge >= 0.3 is 0 Å². The summed E-state index contributed by atoms with van der Waals surface area (Å²) in [5, 5.41) is 0. The molecule has 1 heteroatoms. The standard InChI is InChI=1S/C14H24O/c1-5-9-14(3,4)11-12-7-8-13(10-12)15-6-2/h5,9-10,13H,6-8,11H2,1-4H3. The van der Waals surface area contributed by atoms with Crippen LogP contribution in [0.2, 0.25) is 0 Å². The van der Waals surface area contributed by atoms with Crippen LogP contribution in [0, 0.1) is 5.41 Å². The van der Waals surface area contributed by atoms with E-state index in [1.165, 1.54) is 19.3 Å². The Morgan fingerprint density at radius 1 is 1.53 bits per heavy atom. The second-order valence-corrected chi connectivity index (χ2v) is 5.02. The van der Waals surface area contributed by atoms with Crippen molar-refractivity contribution in [3.05, 3.63) is 23.8 Å². The van der Waals surface area contributed by atoms with E-state index in [4.69, 9.17) is 4.74 Å². The molecule has 86 valence electrons. The SMILES string of the molecule is CC=CC(C)(C)CC1=CC(OCC)CC1. The first-order valence-electron chi connectivity index (χ1n) is 6.02. The lowest BCUT2D eigenvalue weighted by molar-refractivity contribution is 0.0965. The zero-order chi connectivity index (χ0) is 11.3. The van der Waals surface area contributed by atoms with Crippen molar-refractivity contribution in [1.82, 2.24) is 0 Å². The highest BCUT2D eigenvalue weighted by molar-refractivity contribution is 5.16. The van der Waals surface area contributed by atoms with Crippen LogP contribution in [0.5, 0.6) is 0 Å². The number of ether oxygens (including phenoxy) is 1. The Hall–Kier alpha value is -0.560. The number of hydrogen-bond acceptors (Lipinski definition) is 1. The zero-order valence-electron chi connectivity index (χ0n) is 10.5. The average Bonchev–Trinajstić information content (AvgIpc) is 2.52. The number of hydrogen-bond donors (Lipinski definition) is 0. The molecule has 0 fully saturated rings. The third-order valence-corrected chi connectivity index (χ3v) is 2.85. The van der Waals surface area contributed by atoms with Gasteiger partial charge in [0.05, 0.1) is 6.10 Å². The highest BCUT2D eigenvalue weighted by atomic mass is 16.5. The summed E-state index contributed by atoms with van der Waals surface area (Å²) in [6.07, 6.45) is 10.7. The second-order valence-electron chi connectivity index (χ2n) is 5.02. The van der Waals surface area contributed by atoms with Gasteiger partial charge in [-0.25, -0.2) is 0 Å². The molecule has 0 saturated heterocycles. The van der Waals surface area contributed by atoms with E-state index in [2.05, 4.69) is 45.9 Å². The molecule has 0 saturated carbocycles. The van der Waals surface area contributed by atoms with Crippen LogP contribution < -0.4 is 0 Å². The minimum absolute atomic E-state index is 0.293. The van der Waals surface area contributed by atoms with Gasteiger partial charge in [0, 0.05) is 6.61 Å². The van der Waals surface area contributed by atoms with Gasteiger partial charge in [0.1, 0.15) is 0 Å². The van der Waals surface area contributed by atoms with E-state index in [0.717, 1.165) is 6.61 Å². The Balaban J connectivity index is 2.49. The molecule has 1 aliphatic rings. The van der Waals surface area contributed by atoms with E-state index in [9.17, 15) is 0 Å².